The number of halogens is 2. The van der Waals surface area contributed by atoms with E-state index in [9.17, 15) is 9.18 Å². The van der Waals surface area contributed by atoms with E-state index in [2.05, 4.69) is 36.0 Å². The summed E-state index contributed by atoms with van der Waals surface area (Å²) in [6.07, 6.45) is 8.11. The van der Waals surface area contributed by atoms with Gasteiger partial charge in [-0.25, -0.2) is 29.3 Å². The molecule has 0 fully saturated rings. The molecule has 3 heterocycles. The number of fused-ring (bicyclic) bond motifs is 1. The quantitative estimate of drug-likeness (QED) is 0.532. The van der Waals surface area contributed by atoms with E-state index in [4.69, 9.17) is 11.6 Å². The van der Waals surface area contributed by atoms with Crippen LogP contribution in [0.1, 0.15) is 20.8 Å². The molecule has 3 aromatic rings. The maximum absolute atomic E-state index is 13.5. The number of carbonyl (C=O) groups is 1. The number of hydrazine groups is 1. The smallest absolute Gasteiger partial charge is 0.270 e. The number of nitrogens with one attached hydrogen (secondary N) is 3. The second-order valence-corrected chi connectivity index (χ2v) is 8.07. The number of hydrogen-bond acceptors (Lipinski definition) is 8. The van der Waals surface area contributed by atoms with Gasteiger partial charge in [-0.05, 0) is 50.6 Å². The number of nitrogens with zero attached hydrogens (tertiary/aromatic N) is 5. The summed E-state index contributed by atoms with van der Waals surface area (Å²) >= 11 is 5.87. The maximum atomic E-state index is 13.5. The normalized spacial score (nSPS) is 13.5. The first-order valence-corrected chi connectivity index (χ1v) is 10.0. The van der Waals surface area contributed by atoms with Crippen LogP contribution in [-0.2, 0) is 4.79 Å². The van der Waals surface area contributed by atoms with Gasteiger partial charge in [-0.1, -0.05) is 11.6 Å². The summed E-state index contributed by atoms with van der Waals surface area (Å²) in [6, 6.07) is 4.23. The Morgan fingerprint density at radius 3 is 2.78 bits per heavy atom. The Hall–Kier alpha value is -3.79. The third-order valence-electron chi connectivity index (χ3n) is 4.66. The largest absolute Gasteiger partial charge is 0.340 e. The van der Waals surface area contributed by atoms with E-state index in [-0.39, 0.29) is 16.9 Å². The van der Waals surface area contributed by atoms with Crippen molar-refractivity contribution in [3.8, 4) is 0 Å². The van der Waals surface area contributed by atoms with Gasteiger partial charge in [0.1, 0.15) is 28.7 Å². The predicted molar refractivity (Wildman–Crippen MR) is 120 cm³/mol. The molecule has 1 amide bonds. The van der Waals surface area contributed by atoms with Gasteiger partial charge in [0.05, 0.1) is 11.2 Å². The van der Waals surface area contributed by atoms with Gasteiger partial charge in [0.2, 0.25) is 5.95 Å². The standard InChI is InChI=1S/C21H20ClFN8O/c1-12-6-7-31(27-9-12)19(32)21(2,3)30-20-24-10-16-17(29-20)18(26-11-25-16)28-13-4-5-15(23)14(22)8-13/h4-11,27H,1-3H3,(H,24,29,30)(H,25,26,28). The first kappa shape index (κ1) is 21.4. The molecule has 9 nitrogen and oxygen atoms in total. The van der Waals surface area contributed by atoms with Gasteiger partial charge in [-0.2, -0.15) is 0 Å². The van der Waals surface area contributed by atoms with Gasteiger partial charge in [0, 0.05) is 18.1 Å². The summed E-state index contributed by atoms with van der Waals surface area (Å²) < 4.78 is 13.5. The van der Waals surface area contributed by atoms with Gasteiger partial charge < -0.3 is 10.6 Å². The maximum Gasteiger partial charge on any atom is 0.270 e. The third-order valence-corrected chi connectivity index (χ3v) is 4.94. The summed E-state index contributed by atoms with van der Waals surface area (Å²) in [5.74, 6) is -0.147. The fourth-order valence-corrected chi connectivity index (χ4v) is 3.11. The van der Waals surface area contributed by atoms with Crippen LogP contribution in [-0.4, -0.2) is 36.4 Å². The summed E-state index contributed by atoms with van der Waals surface area (Å²) in [5.41, 5.74) is 4.34. The van der Waals surface area contributed by atoms with Crippen LogP contribution < -0.4 is 16.1 Å². The molecular weight excluding hydrogens is 435 g/mol. The van der Waals surface area contributed by atoms with Gasteiger partial charge in [-0.15, -0.1) is 0 Å². The van der Waals surface area contributed by atoms with Crippen LogP contribution in [0.2, 0.25) is 5.02 Å². The van der Waals surface area contributed by atoms with Crippen molar-refractivity contribution in [1.82, 2.24) is 30.4 Å². The first-order valence-electron chi connectivity index (χ1n) is 9.66. The first-order chi connectivity index (χ1) is 15.2. The molecule has 0 unspecified atom stereocenters. The Bertz CT molecular complexity index is 1260. The summed E-state index contributed by atoms with van der Waals surface area (Å²) in [6.45, 7) is 5.38. The number of anilines is 3. The molecule has 1 aliphatic rings. The average Bonchev–Trinajstić information content (AvgIpc) is 2.76. The van der Waals surface area contributed by atoms with Gasteiger partial charge in [0.25, 0.3) is 5.91 Å². The summed E-state index contributed by atoms with van der Waals surface area (Å²) in [7, 11) is 0. The SMILES string of the molecule is CC1=CNN(C(=O)C(C)(C)Nc2ncc3ncnc(Nc4ccc(F)c(Cl)c4)c3n2)C=C1. The number of hydrogen-bond donors (Lipinski definition) is 3. The van der Waals surface area contributed by atoms with Crippen molar-refractivity contribution in [3.63, 3.8) is 0 Å². The average molecular weight is 455 g/mol. The Balaban J connectivity index is 1.60. The fourth-order valence-electron chi connectivity index (χ4n) is 2.93. The minimum Gasteiger partial charge on any atom is -0.340 e. The highest BCUT2D eigenvalue weighted by molar-refractivity contribution is 6.31. The van der Waals surface area contributed by atoms with Crippen LogP contribution in [0, 0.1) is 5.82 Å². The number of benzene rings is 1. The molecule has 0 saturated heterocycles. The molecule has 0 saturated carbocycles. The third kappa shape index (κ3) is 4.45. The second-order valence-electron chi connectivity index (χ2n) is 7.66. The molecule has 0 radical (unpaired) electrons. The highest BCUT2D eigenvalue weighted by Gasteiger charge is 2.32. The molecule has 0 aliphatic carbocycles. The minimum atomic E-state index is -1.03. The van der Waals surface area contributed by atoms with Gasteiger partial charge >= 0.3 is 0 Å². The Kier molecular flexibility index (Phi) is 5.62. The van der Waals surface area contributed by atoms with E-state index in [1.165, 1.54) is 35.7 Å². The van der Waals surface area contributed by atoms with Crippen LogP contribution in [0.25, 0.3) is 11.0 Å². The molecule has 3 N–H and O–H groups in total. The van der Waals surface area contributed by atoms with Crippen molar-refractivity contribution in [3.05, 3.63) is 65.6 Å². The molecule has 0 bridgehead atoms. The van der Waals surface area contributed by atoms with E-state index < -0.39 is 11.4 Å². The molecule has 11 heteroatoms. The number of amides is 1. The monoisotopic (exact) mass is 454 g/mol. The number of allylic oxidation sites excluding steroid dienone is 2. The zero-order chi connectivity index (χ0) is 22.9. The van der Waals surface area contributed by atoms with Crippen LogP contribution >= 0.6 is 11.6 Å². The molecule has 32 heavy (non-hydrogen) atoms. The van der Waals surface area contributed by atoms with Crippen molar-refractivity contribution < 1.29 is 9.18 Å². The van der Waals surface area contributed by atoms with Crippen molar-refractivity contribution in [2.75, 3.05) is 10.6 Å². The van der Waals surface area contributed by atoms with E-state index in [1.807, 2.05) is 13.0 Å². The lowest BCUT2D eigenvalue weighted by molar-refractivity contribution is -0.134. The lowest BCUT2D eigenvalue weighted by atomic mass is 10.0. The second kappa shape index (κ2) is 8.39. The van der Waals surface area contributed by atoms with Crippen LogP contribution in [0.3, 0.4) is 0 Å². The zero-order valence-electron chi connectivity index (χ0n) is 17.5. The highest BCUT2D eigenvalue weighted by Crippen LogP contribution is 2.26. The molecule has 4 rings (SSSR count). The van der Waals surface area contributed by atoms with E-state index in [1.54, 1.807) is 26.2 Å². The van der Waals surface area contributed by atoms with Gasteiger partial charge in [0.15, 0.2) is 5.82 Å². The lowest BCUT2D eigenvalue weighted by Gasteiger charge is -2.31. The highest BCUT2D eigenvalue weighted by atomic mass is 35.5. The number of rotatable bonds is 5. The topological polar surface area (TPSA) is 108 Å². The van der Waals surface area contributed by atoms with Crippen molar-refractivity contribution in [2.24, 2.45) is 0 Å². The molecule has 0 atom stereocenters. The molecule has 1 aliphatic heterocycles. The van der Waals surface area contributed by atoms with Gasteiger partial charge in [-0.3, -0.25) is 10.2 Å². The van der Waals surface area contributed by atoms with E-state index >= 15 is 0 Å². The molecule has 2 aromatic heterocycles. The summed E-state index contributed by atoms with van der Waals surface area (Å²) in [4.78, 5) is 30.1. The van der Waals surface area contributed by atoms with Crippen molar-refractivity contribution in [2.45, 2.75) is 26.3 Å². The Morgan fingerprint density at radius 2 is 2.06 bits per heavy atom. The Morgan fingerprint density at radius 1 is 1.25 bits per heavy atom. The van der Waals surface area contributed by atoms with Crippen LogP contribution in [0.15, 0.2) is 54.8 Å². The van der Waals surface area contributed by atoms with E-state index in [0.29, 0.717) is 22.5 Å². The van der Waals surface area contributed by atoms with Crippen molar-refractivity contribution in [1.29, 1.82) is 0 Å². The molecule has 0 spiro atoms. The Labute approximate surface area is 188 Å². The molecule has 1 aromatic carbocycles. The molecule has 164 valence electrons. The summed E-state index contributed by atoms with van der Waals surface area (Å²) in [5, 5.41) is 7.49. The number of carbonyl (C=O) groups excluding carboxylic acids is 1. The number of aromatic nitrogens is 4. The lowest BCUT2D eigenvalue weighted by Crippen LogP contribution is -2.52. The van der Waals surface area contributed by atoms with E-state index in [0.717, 1.165) is 5.57 Å². The fraction of sp³-hybridized carbons (Fsp3) is 0.190. The molecular formula is C21H20ClFN8O. The minimum absolute atomic E-state index is 0.0176. The van der Waals surface area contributed by atoms with Crippen LogP contribution in [0.4, 0.5) is 21.8 Å². The van der Waals surface area contributed by atoms with Crippen molar-refractivity contribution >= 4 is 46.0 Å². The van der Waals surface area contributed by atoms with Crippen LogP contribution in [0.5, 0.6) is 0 Å². The zero-order valence-corrected chi connectivity index (χ0v) is 18.3. The predicted octanol–water partition coefficient (Wildman–Crippen LogP) is 3.91.